The molecule has 71 heavy (non-hydrogen) atoms. The van der Waals surface area contributed by atoms with Gasteiger partial charge in [-0.3, -0.25) is 0 Å². The fraction of sp³-hybridized carbons (Fsp3) is 0.0156. The van der Waals surface area contributed by atoms with Crippen LogP contribution in [0.1, 0.15) is 5.56 Å². The zero-order valence-corrected chi connectivity index (χ0v) is 38.6. The van der Waals surface area contributed by atoms with E-state index in [0.717, 1.165) is 88.9 Å². The van der Waals surface area contributed by atoms with Crippen molar-refractivity contribution in [1.29, 1.82) is 0 Å². The monoisotopic (exact) mass is 909 g/mol. The number of anilines is 2. The molecule has 9 aromatic carbocycles. The third-order valence-electron chi connectivity index (χ3n) is 14.0. The molecule has 4 aromatic heterocycles. The van der Waals surface area contributed by atoms with Gasteiger partial charge in [0.15, 0.2) is 11.6 Å². The zero-order valence-electron chi connectivity index (χ0n) is 38.6. The Morgan fingerprint density at radius 3 is 1.21 bits per heavy atom. The molecule has 14 rings (SSSR count). The van der Waals surface area contributed by atoms with Gasteiger partial charge in [-0.2, -0.15) is 9.97 Å². The van der Waals surface area contributed by atoms with E-state index in [9.17, 15) is 0 Å². The number of rotatable bonds is 6. The van der Waals surface area contributed by atoms with Crippen molar-refractivity contribution in [3.63, 3.8) is 0 Å². The molecular weight excluding hydrogens is 867 g/mol. The van der Waals surface area contributed by atoms with Crippen LogP contribution in [0.25, 0.3) is 111 Å². The minimum atomic E-state index is 0.518. The van der Waals surface area contributed by atoms with Crippen LogP contribution in [0.3, 0.4) is 0 Å². The molecule has 7 nitrogen and oxygen atoms in total. The normalized spacial score (nSPS) is 13.8. The molecule has 0 aliphatic carbocycles. The van der Waals surface area contributed by atoms with Crippen molar-refractivity contribution in [2.45, 2.75) is 0 Å². The molecule has 1 aliphatic rings. The van der Waals surface area contributed by atoms with E-state index in [1.165, 1.54) is 21.5 Å². The molecule has 0 saturated heterocycles. The van der Waals surface area contributed by atoms with Gasteiger partial charge in [0.2, 0.25) is 5.95 Å². The molecule has 0 spiro atoms. The van der Waals surface area contributed by atoms with E-state index in [0.29, 0.717) is 24.1 Å². The van der Waals surface area contributed by atoms with Crippen LogP contribution in [0.4, 0.5) is 11.6 Å². The largest absolute Gasteiger partial charge is 0.309 e. The lowest BCUT2D eigenvalue weighted by Gasteiger charge is -2.25. The van der Waals surface area contributed by atoms with Crippen molar-refractivity contribution in [2.75, 3.05) is 11.4 Å². The van der Waals surface area contributed by atoms with Gasteiger partial charge < -0.3 is 18.6 Å². The molecule has 1 aliphatic heterocycles. The van der Waals surface area contributed by atoms with Crippen LogP contribution in [-0.4, -0.2) is 35.2 Å². The minimum Gasteiger partial charge on any atom is -0.309 e. The Kier molecular flexibility index (Phi) is 9.29. The molecule has 13 aromatic rings. The van der Waals surface area contributed by atoms with E-state index < -0.39 is 0 Å². The molecule has 7 heteroatoms. The third-order valence-corrected chi connectivity index (χ3v) is 14.0. The van der Waals surface area contributed by atoms with Crippen molar-refractivity contribution in [1.82, 2.24) is 28.7 Å². The summed E-state index contributed by atoms with van der Waals surface area (Å²) in [6, 6.07) is 75.7. The van der Waals surface area contributed by atoms with E-state index >= 15 is 0 Å². The van der Waals surface area contributed by atoms with Crippen molar-refractivity contribution < 1.29 is 0 Å². The molecule has 0 atom stereocenters. The second-order valence-corrected chi connectivity index (χ2v) is 18.1. The topological polar surface area (TPSA) is 56.7 Å². The predicted octanol–water partition coefficient (Wildman–Crippen LogP) is 15.8. The van der Waals surface area contributed by atoms with Gasteiger partial charge in [-0.1, -0.05) is 183 Å². The number of hydrogen-bond acceptors (Lipinski definition) is 4. The number of fused-ring (bicyclic) bond motifs is 10. The van der Waals surface area contributed by atoms with Gasteiger partial charge in [-0.25, -0.2) is 4.98 Å². The maximum Gasteiger partial charge on any atom is 0.234 e. The van der Waals surface area contributed by atoms with Gasteiger partial charge in [0.1, 0.15) is 0 Å². The average Bonchev–Trinajstić information content (AvgIpc) is 4.08. The third kappa shape index (κ3) is 6.55. The summed E-state index contributed by atoms with van der Waals surface area (Å²) in [5, 5.41) is 7.10. The van der Waals surface area contributed by atoms with Crippen LogP contribution in [0.5, 0.6) is 0 Å². The predicted molar refractivity (Wildman–Crippen MR) is 294 cm³/mol. The molecule has 0 N–H and O–H groups in total. The van der Waals surface area contributed by atoms with Gasteiger partial charge in [0.05, 0.1) is 55.8 Å². The first-order chi connectivity index (χ1) is 35.1. The van der Waals surface area contributed by atoms with Gasteiger partial charge in [-0.15, -0.1) is 0 Å². The summed E-state index contributed by atoms with van der Waals surface area (Å²) < 4.78 is 7.30. The minimum absolute atomic E-state index is 0.518. The smallest absolute Gasteiger partial charge is 0.234 e. The first-order valence-corrected chi connectivity index (χ1v) is 24.0. The highest BCUT2D eigenvalue weighted by molar-refractivity contribution is 6.13. The van der Waals surface area contributed by atoms with Crippen LogP contribution in [0, 0.1) is 0 Å². The first kappa shape index (κ1) is 40.5. The molecule has 0 unspecified atom stereocenters. The van der Waals surface area contributed by atoms with Crippen molar-refractivity contribution >= 4 is 82.6 Å². The molecule has 0 saturated carbocycles. The van der Waals surface area contributed by atoms with Crippen LogP contribution < -0.4 is 4.90 Å². The second kappa shape index (κ2) is 16.3. The van der Waals surface area contributed by atoms with Gasteiger partial charge in [0.25, 0.3) is 0 Å². The summed E-state index contributed by atoms with van der Waals surface area (Å²) in [6.07, 6.45) is 8.39. The standard InChI is InChI=1S/C64H43N7/c1-42-21-5-4-20-36-68(64-66-62(43-22-6-2-7-23-43)65-63(67-64)44-24-8-3-9-25-44)60-41-54-52-30-14-19-35-59(52)71(61(54)40-53(42)60)47-38-45(69-55-31-15-10-26-48(55)49-27-11-16-32-56(49)69)37-46(39-47)70-57-33-17-12-28-50(57)51-29-13-18-34-58(51)70/h2-35,37-41H,1,36H2/b20-4-,21-5-. The van der Waals surface area contributed by atoms with E-state index in [1.54, 1.807) is 0 Å². The zero-order chi connectivity index (χ0) is 47.0. The highest BCUT2D eigenvalue weighted by Gasteiger charge is 2.25. The lowest BCUT2D eigenvalue weighted by molar-refractivity contribution is 0.960. The molecule has 0 amide bonds. The molecular formula is C64H43N7. The van der Waals surface area contributed by atoms with Crippen LogP contribution >= 0.6 is 0 Å². The Morgan fingerprint density at radius 2 is 0.761 bits per heavy atom. The fourth-order valence-corrected chi connectivity index (χ4v) is 10.8. The Morgan fingerprint density at radius 1 is 0.366 bits per heavy atom. The highest BCUT2D eigenvalue weighted by Crippen LogP contribution is 2.43. The number of para-hydroxylation sites is 5. The number of hydrogen-bond donors (Lipinski definition) is 0. The van der Waals surface area contributed by atoms with Crippen molar-refractivity contribution in [3.8, 4) is 39.8 Å². The fourth-order valence-electron chi connectivity index (χ4n) is 10.8. The quantitative estimate of drug-likeness (QED) is 0.167. The summed E-state index contributed by atoms with van der Waals surface area (Å²) in [6.45, 7) is 5.23. The van der Waals surface area contributed by atoms with E-state index in [-0.39, 0.29) is 0 Å². The molecule has 334 valence electrons. The SMILES string of the molecule is C=C1/C=C\C=C/CN(c2nc(-c3ccccc3)nc(-c3ccccc3)n2)c2cc3c4ccccc4n(-c4cc(-n5c6ccccc6c6ccccc65)cc(-n5c6ccccc6c6ccccc65)c4)c3cc21. The summed E-state index contributed by atoms with van der Waals surface area (Å²) in [5.74, 6) is 1.77. The van der Waals surface area contributed by atoms with E-state index in [4.69, 9.17) is 21.5 Å². The Bertz CT molecular complexity index is 4050. The summed E-state index contributed by atoms with van der Waals surface area (Å²) >= 11 is 0. The van der Waals surface area contributed by atoms with Crippen LogP contribution in [0.15, 0.2) is 243 Å². The molecule has 0 radical (unpaired) electrons. The average molecular weight is 910 g/mol. The van der Waals surface area contributed by atoms with Gasteiger partial charge in [-0.05, 0) is 66.2 Å². The van der Waals surface area contributed by atoms with Gasteiger partial charge in [0, 0.05) is 55.6 Å². The number of benzene rings is 9. The van der Waals surface area contributed by atoms with E-state index in [2.05, 4.69) is 195 Å². The Balaban J connectivity index is 1.05. The second-order valence-electron chi connectivity index (χ2n) is 18.1. The molecule has 0 fully saturated rings. The van der Waals surface area contributed by atoms with Crippen molar-refractivity contribution in [2.24, 2.45) is 0 Å². The van der Waals surface area contributed by atoms with Crippen LogP contribution in [0.2, 0.25) is 0 Å². The maximum absolute atomic E-state index is 5.24. The molecule has 0 bridgehead atoms. The Labute approximate surface area is 409 Å². The summed E-state index contributed by atoms with van der Waals surface area (Å²) in [4.78, 5) is 17.7. The number of allylic oxidation sites excluding steroid dienone is 4. The van der Waals surface area contributed by atoms with E-state index in [1.807, 2.05) is 60.7 Å². The summed E-state index contributed by atoms with van der Waals surface area (Å²) in [7, 11) is 0. The lowest BCUT2D eigenvalue weighted by Crippen LogP contribution is -2.22. The van der Waals surface area contributed by atoms with Crippen molar-refractivity contribution in [3.05, 3.63) is 249 Å². The lowest BCUT2D eigenvalue weighted by atomic mass is 10.0. The summed E-state index contributed by atoms with van der Waals surface area (Å²) in [5.41, 5.74) is 14.6. The Hall–Kier alpha value is -9.59. The number of aromatic nitrogens is 6. The highest BCUT2D eigenvalue weighted by atomic mass is 15.3. The molecule has 5 heterocycles. The van der Waals surface area contributed by atoms with Gasteiger partial charge >= 0.3 is 0 Å². The van der Waals surface area contributed by atoms with Crippen LogP contribution in [-0.2, 0) is 0 Å². The number of nitrogens with zero attached hydrogens (tertiary/aromatic N) is 7. The first-order valence-electron chi connectivity index (χ1n) is 24.0. The maximum atomic E-state index is 5.24.